The van der Waals surface area contributed by atoms with Gasteiger partial charge in [0, 0.05) is 21.5 Å². The molecule has 0 spiro atoms. The third-order valence-electron chi connectivity index (χ3n) is 5.44. The lowest BCUT2D eigenvalue weighted by Gasteiger charge is -2.14. The van der Waals surface area contributed by atoms with Crippen molar-refractivity contribution in [3.8, 4) is 28.1 Å². The van der Waals surface area contributed by atoms with Gasteiger partial charge in [-0.15, -0.1) is 0 Å². The second-order valence-electron chi connectivity index (χ2n) is 7.77. The van der Waals surface area contributed by atoms with Gasteiger partial charge in [-0.1, -0.05) is 23.7 Å². The van der Waals surface area contributed by atoms with Crippen LogP contribution in [0, 0.1) is 11.6 Å². The lowest BCUT2D eigenvalue weighted by molar-refractivity contribution is 0.416. The second kappa shape index (κ2) is 9.68. The summed E-state index contributed by atoms with van der Waals surface area (Å²) in [4.78, 5) is 15.7. The Kier molecular flexibility index (Phi) is 6.40. The summed E-state index contributed by atoms with van der Waals surface area (Å²) in [5, 5.41) is 0.878. The number of nitrogens with one attached hydrogen (secondary N) is 1. The summed E-state index contributed by atoms with van der Waals surface area (Å²) in [5.74, 6) is -0.944. The van der Waals surface area contributed by atoms with Crippen molar-refractivity contribution < 1.29 is 21.9 Å². The normalized spacial score (nSPS) is 11.5. The SMILES string of the molecule is COc1cc(-c2cccc(F)c2)c(Cl)cc1-c1ncnc2cc(S(=O)(=O)Nc3ncc(F)cn3)ccc12. The molecule has 0 fully saturated rings. The highest BCUT2D eigenvalue weighted by Gasteiger charge is 2.20. The zero-order valence-corrected chi connectivity index (χ0v) is 20.6. The van der Waals surface area contributed by atoms with E-state index in [0.29, 0.717) is 44.1 Å². The lowest BCUT2D eigenvalue weighted by atomic mass is 9.99. The van der Waals surface area contributed by atoms with Gasteiger partial charge in [0.2, 0.25) is 5.95 Å². The Balaban J connectivity index is 1.57. The molecule has 8 nitrogen and oxygen atoms in total. The van der Waals surface area contributed by atoms with Crippen LogP contribution in [-0.4, -0.2) is 35.5 Å². The van der Waals surface area contributed by atoms with Gasteiger partial charge in [0.25, 0.3) is 10.0 Å². The van der Waals surface area contributed by atoms with Crippen molar-refractivity contribution in [2.75, 3.05) is 11.8 Å². The monoisotopic (exact) mass is 539 g/mol. The first-order chi connectivity index (χ1) is 17.7. The van der Waals surface area contributed by atoms with E-state index in [4.69, 9.17) is 16.3 Å². The Morgan fingerprint density at radius 3 is 2.41 bits per heavy atom. The Bertz CT molecular complexity index is 1750. The van der Waals surface area contributed by atoms with Gasteiger partial charge in [-0.3, -0.25) is 0 Å². The Hall–Kier alpha value is -4.22. The lowest BCUT2D eigenvalue weighted by Crippen LogP contribution is -2.15. The van der Waals surface area contributed by atoms with Crippen molar-refractivity contribution in [2.24, 2.45) is 0 Å². The summed E-state index contributed by atoms with van der Waals surface area (Å²) in [6.07, 6.45) is 2.99. The van der Waals surface area contributed by atoms with Crippen LogP contribution in [0.2, 0.25) is 5.02 Å². The maximum atomic E-state index is 13.8. The number of sulfonamides is 1. The van der Waals surface area contributed by atoms with Gasteiger partial charge in [0.05, 0.1) is 35.6 Å². The summed E-state index contributed by atoms with van der Waals surface area (Å²) >= 11 is 6.57. The number of aromatic nitrogens is 4. The number of rotatable bonds is 6. The molecule has 5 aromatic rings. The van der Waals surface area contributed by atoms with E-state index >= 15 is 0 Å². The maximum Gasteiger partial charge on any atom is 0.264 e. The number of methoxy groups -OCH3 is 1. The third-order valence-corrected chi connectivity index (χ3v) is 7.08. The molecule has 0 radical (unpaired) electrons. The van der Waals surface area contributed by atoms with Crippen LogP contribution >= 0.6 is 11.6 Å². The number of benzene rings is 3. The van der Waals surface area contributed by atoms with E-state index in [2.05, 4.69) is 24.7 Å². The zero-order chi connectivity index (χ0) is 26.2. The topological polar surface area (TPSA) is 107 Å². The van der Waals surface area contributed by atoms with Crippen LogP contribution in [-0.2, 0) is 10.0 Å². The fraction of sp³-hybridized carbons (Fsp3) is 0.0400. The molecular weight excluding hydrogens is 524 g/mol. The van der Waals surface area contributed by atoms with E-state index in [9.17, 15) is 17.2 Å². The fourth-order valence-electron chi connectivity index (χ4n) is 3.75. The molecule has 1 N–H and O–H groups in total. The average molecular weight is 540 g/mol. The maximum absolute atomic E-state index is 13.8. The molecule has 2 heterocycles. The van der Waals surface area contributed by atoms with E-state index in [-0.39, 0.29) is 10.8 Å². The van der Waals surface area contributed by atoms with E-state index in [0.717, 1.165) is 12.4 Å². The minimum atomic E-state index is -4.09. The first-order valence-corrected chi connectivity index (χ1v) is 12.5. The Morgan fingerprint density at radius 1 is 0.892 bits per heavy atom. The predicted octanol–water partition coefficient (Wildman–Crippen LogP) is 5.49. The number of anilines is 1. The van der Waals surface area contributed by atoms with Gasteiger partial charge in [0.1, 0.15) is 17.9 Å². The van der Waals surface area contributed by atoms with Gasteiger partial charge in [-0.25, -0.2) is 41.9 Å². The van der Waals surface area contributed by atoms with Crippen LogP contribution in [0.1, 0.15) is 0 Å². The molecule has 0 atom stereocenters. The van der Waals surface area contributed by atoms with Crippen LogP contribution in [0.15, 0.2) is 78.2 Å². The molecule has 0 aliphatic rings. The third kappa shape index (κ3) is 4.91. The van der Waals surface area contributed by atoms with E-state index < -0.39 is 21.7 Å². The average Bonchev–Trinajstić information content (AvgIpc) is 2.89. The molecule has 0 saturated heterocycles. The summed E-state index contributed by atoms with van der Waals surface area (Å²) in [6, 6.07) is 13.7. The van der Waals surface area contributed by atoms with Crippen molar-refractivity contribution >= 4 is 38.5 Å². The van der Waals surface area contributed by atoms with Crippen molar-refractivity contribution in [3.63, 3.8) is 0 Å². The number of ether oxygens (including phenoxy) is 1. The van der Waals surface area contributed by atoms with Gasteiger partial charge in [-0.2, -0.15) is 0 Å². The van der Waals surface area contributed by atoms with Gasteiger partial charge >= 0.3 is 0 Å². The van der Waals surface area contributed by atoms with E-state index in [1.807, 2.05) is 0 Å². The molecule has 0 aliphatic carbocycles. The zero-order valence-electron chi connectivity index (χ0n) is 19.0. The molecule has 0 unspecified atom stereocenters. The molecule has 2 aromatic heterocycles. The first-order valence-electron chi connectivity index (χ1n) is 10.6. The summed E-state index contributed by atoms with van der Waals surface area (Å²) in [5.41, 5.74) is 2.47. The molecule has 0 saturated carbocycles. The number of nitrogens with zero attached hydrogens (tertiary/aromatic N) is 4. The number of hydrogen-bond donors (Lipinski definition) is 1. The van der Waals surface area contributed by atoms with Crippen LogP contribution < -0.4 is 9.46 Å². The van der Waals surface area contributed by atoms with Crippen molar-refractivity contribution in [3.05, 3.63) is 90.0 Å². The van der Waals surface area contributed by atoms with Crippen LogP contribution in [0.4, 0.5) is 14.7 Å². The van der Waals surface area contributed by atoms with Crippen molar-refractivity contribution in [2.45, 2.75) is 4.90 Å². The molecule has 0 amide bonds. The molecule has 0 aliphatic heterocycles. The quantitative estimate of drug-likeness (QED) is 0.304. The summed E-state index contributed by atoms with van der Waals surface area (Å²) in [6.45, 7) is 0. The van der Waals surface area contributed by atoms with Gasteiger partial charge in [-0.05, 0) is 48.0 Å². The largest absolute Gasteiger partial charge is 0.496 e. The molecule has 37 heavy (non-hydrogen) atoms. The number of fused-ring (bicyclic) bond motifs is 1. The fourth-order valence-corrected chi connectivity index (χ4v) is 5.00. The molecule has 186 valence electrons. The second-order valence-corrected chi connectivity index (χ2v) is 9.86. The Morgan fingerprint density at radius 2 is 1.68 bits per heavy atom. The van der Waals surface area contributed by atoms with Crippen molar-refractivity contribution in [1.82, 2.24) is 19.9 Å². The number of hydrogen-bond acceptors (Lipinski definition) is 7. The molecular formula is C25H16ClF2N5O3S. The summed E-state index contributed by atoms with van der Waals surface area (Å²) < 4.78 is 60.3. The standard InChI is InChI=1S/C25H16ClF2N5O3S/c1-36-23-10-19(14-3-2-4-15(27)7-14)21(26)9-20(23)24-18-6-5-17(8-22(18)31-13-32-24)37(34,35)33-25-29-11-16(28)12-30-25/h2-13H,1H3,(H,29,30,33). The first kappa shape index (κ1) is 24.5. The van der Waals surface area contributed by atoms with E-state index in [1.165, 1.54) is 37.7 Å². The number of halogens is 3. The van der Waals surface area contributed by atoms with Crippen LogP contribution in [0.3, 0.4) is 0 Å². The van der Waals surface area contributed by atoms with Gasteiger partial charge in [0.15, 0.2) is 5.82 Å². The van der Waals surface area contributed by atoms with E-state index in [1.54, 1.807) is 30.3 Å². The van der Waals surface area contributed by atoms with Gasteiger partial charge < -0.3 is 4.74 Å². The molecule has 3 aromatic carbocycles. The molecule has 5 rings (SSSR count). The van der Waals surface area contributed by atoms with Crippen molar-refractivity contribution in [1.29, 1.82) is 0 Å². The highest BCUT2D eigenvalue weighted by Crippen LogP contribution is 2.40. The highest BCUT2D eigenvalue weighted by atomic mass is 35.5. The minimum Gasteiger partial charge on any atom is -0.496 e. The predicted molar refractivity (Wildman–Crippen MR) is 135 cm³/mol. The highest BCUT2D eigenvalue weighted by molar-refractivity contribution is 7.92. The molecule has 12 heteroatoms. The van der Waals surface area contributed by atoms with Crippen LogP contribution in [0.5, 0.6) is 5.75 Å². The van der Waals surface area contributed by atoms with Crippen LogP contribution in [0.25, 0.3) is 33.3 Å². The summed E-state index contributed by atoms with van der Waals surface area (Å²) in [7, 11) is -2.60. The smallest absolute Gasteiger partial charge is 0.264 e. The Labute approximate surface area is 215 Å². The molecule has 0 bridgehead atoms. The minimum absolute atomic E-state index is 0.107.